The van der Waals surface area contributed by atoms with Gasteiger partial charge in [-0.1, -0.05) is 61.8 Å². The molecule has 178 valence electrons. The Morgan fingerprint density at radius 3 is 1.90 bits per heavy atom. The van der Waals surface area contributed by atoms with Crippen molar-refractivity contribution >= 4 is 0 Å². The van der Waals surface area contributed by atoms with Crippen LogP contribution >= 0.6 is 0 Å². The number of aliphatic hydroxyl groups is 1. The maximum absolute atomic E-state index is 12.2. The molecule has 0 aromatic carbocycles. The largest absolute Gasteiger partial charge is 0.389 e. The molecule has 0 aromatic rings. The van der Waals surface area contributed by atoms with Gasteiger partial charge < -0.3 is 5.11 Å². The first kappa shape index (κ1) is 22.7. The predicted octanol–water partition coefficient (Wildman–Crippen LogP) is 8.25. The molecular weight excluding hydrogens is 376 g/mol. The Morgan fingerprint density at radius 1 is 0.613 bits per heavy atom. The van der Waals surface area contributed by atoms with Crippen LogP contribution in [0, 0.1) is 56.7 Å². The van der Waals surface area contributed by atoms with Crippen LogP contribution < -0.4 is 0 Å². The normalized spacial score (nSPS) is 58.3. The zero-order valence-electron chi connectivity index (χ0n) is 22.1. The van der Waals surface area contributed by atoms with E-state index in [1.165, 1.54) is 64.2 Å². The molecule has 5 aliphatic carbocycles. The fourth-order valence-electron chi connectivity index (χ4n) is 12.1. The van der Waals surface area contributed by atoms with E-state index in [0.717, 1.165) is 18.3 Å². The summed E-state index contributed by atoms with van der Waals surface area (Å²) in [5, 5.41) is 12.2. The van der Waals surface area contributed by atoms with Crippen LogP contribution in [0.1, 0.15) is 126 Å². The van der Waals surface area contributed by atoms with Gasteiger partial charge in [0, 0.05) is 0 Å². The maximum atomic E-state index is 12.2. The van der Waals surface area contributed by atoms with Crippen molar-refractivity contribution in [2.24, 2.45) is 56.7 Å². The Bertz CT molecular complexity index is 739. The number of fused-ring (bicyclic) bond motifs is 7. The fourth-order valence-corrected chi connectivity index (χ4v) is 12.1. The molecule has 5 saturated carbocycles. The summed E-state index contributed by atoms with van der Waals surface area (Å²) in [6.45, 7) is 20.5. The molecule has 9 atom stereocenters. The Hall–Kier alpha value is -0.0400. The Morgan fingerprint density at radius 2 is 1.23 bits per heavy atom. The Kier molecular flexibility index (Phi) is 4.80. The molecule has 31 heavy (non-hydrogen) atoms. The molecule has 5 rings (SSSR count). The molecule has 0 aromatic heterocycles. The summed E-state index contributed by atoms with van der Waals surface area (Å²) >= 11 is 0. The fraction of sp³-hybridized carbons (Fsp3) is 1.00. The highest BCUT2D eigenvalue weighted by molar-refractivity contribution is 5.22. The van der Waals surface area contributed by atoms with Crippen molar-refractivity contribution in [2.75, 3.05) is 0 Å². The van der Waals surface area contributed by atoms with Gasteiger partial charge in [0.15, 0.2) is 0 Å². The smallest absolute Gasteiger partial charge is 0.0734 e. The molecule has 0 radical (unpaired) electrons. The molecule has 0 bridgehead atoms. The first-order valence-corrected chi connectivity index (χ1v) is 14.0. The second kappa shape index (κ2) is 6.55. The van der Waals surface area contributed by atoms with Crippen molar-refractivity contribution in [1.82, 2.24) is 0 Å². The molecule has 5 aliphatic rings. The lowest BCUT2D eigenvalue weighted by Crippen LogP contribution is -2.69. The summed E-state index contributed by atoms with van der Waals surface area (Å²) < 4.78 is 0. The van der Waals surface area contributed by atoms with Crippen molar-refractivity contribution in [1.29, 1.82) is 0 Å². The van der Waals surface area contributed by atoms with E-state index in [-0.39, 0.29) is 5.41 Å². The van der Waals surface area contributed by atoms with E-state index in [1.54, 1.807) is 0 Å². The average Bonchev–Trinajstić information content (AvgIpc) is 2.93. The molecule has 1 N–H and O–H groups in total. The van der Waals surface area contributed by atoms with E-state index in [1.807, 2.05) is 0 Å². The lowest BCUT2D eigenvalue weighted by Gasteiger charge is -2.74. The highest BCUT2D eigenvalue weighted by atomic mass is 16.3. The van der Waals surface area contributed by atoms with Gasteiger partial charge >= 0.3 is 0 Å². The van der Waals surface area contributed by atoms with Gasteiger partial charge in [0.2, 0.25) is 0 Å². The molecule has 0 saturated heterocycles. The van der Waals surface area contributed by atoms with Gasteiger partial charge in [-0.05, 0) is 121 Å². The van der Waals surface area contributed by atoms with Gasteiger partial charge in [-0.15, -0.1) is 0 Å². The van der Waals surface area contributed by atoms with Crippen LogP contribution in [-0.4, -0.2) is 10.7 Å². The maximum Gasteiger partial charge on any atom is 0.0734 e. The third-order valence-electron chi connectivity index (χ3n) is 13.8. The predicted molar refractivity (Wildman–Crippen MR) is 131 cm³/mol. The molecule has 9 unspecified atom stereocenters. The molecule has 0 aliphatic heterocycles. The second-order valence-electron chi connectivity index (χ2n) is 15.2. The van der Waals surface area contributed by atoms with Crippen LogP contribution in [-0.2, 0) is 0 Å². The van der Waals surface area contributed by atoms with Crippen LogP contribution in [0.2, 0.25) is 0 Å². The van der Waals surface area contributed by atoms with E-state index in [9.17, 15) is 5.11 Å². The van der Waals surface area contributed by atoms with Gasteiger partial charge in [-0.2, -0.15) is 0 Å². The van der Waals surface area contributed by atoms with Crippen LogP contribution in [0.5, 0.6) is 0 Å². The number of hydrogen-bond acceptors (Lipinski definition) is 1. The molecule has 0 heterocycles. The highest BCUT2D eigenvalue weighted by Gasteiger charge is 2.73. The monoisotopic (exact) mass is 428 g/mol. The molecule has 0 spiro atoms. The summed E-state index contributed by atoms with van der Waals surface area (Å²) in [5.74, 6) is 3.57. The van der Waals surface area contributed by atoms with Gasteiger partial charge in [0.25, 0.3) is 0 Å². The van der Waals surface area contributed by atoms with E-state index < -0.39 is 5.60 Å². The summed E-state index contributed by atoms with van der Waals surface area (Å²) in [6, 6.07) is 0. The Balaban J connectivity index is 1.54. The zero-order chi connectivity index (χ0) is 22.7. The third kappa shape index (κ3) is 2.54. The summed E-state index contributed by atoms with van der Waals surface area (Å²) in [6.07, 6.45) is 14.8. The first-order chi connectivity index (χ1) is 14.3. The van der Waals surface area contributed by atoms with Gasteiger partial charge in [-0.3, -0.25) is 0 Å². The van der Waals surface area contributed by atoms with Gasteiger partial charge in [0.1, 0.15) is 0 Å². The molecule has 0 amide bonds. The first-order valence-electron chi connectivity index (χ1n) is 14.0. The van der Waals surface area contributed by atoms with Crippen molar-refractivity contribution in [3.05, 3.63) is 0 Å². The second-order valence-corrected chi connectivity index (χ2v) is 15.2. The van der Waals surface area contributed by atoms with Crippen LogP contribution in [0.3, 0.4) is 0 Å². The summed E-state index contributed by atoms with van der Waals surface area (Å²) in [5.41, 5.74) is 1.55. The van der Waals surface area contributed by atoms with E-state index in [2.05, 4.69) is 55.4 Å². The molecular formula is C30H52O. The van der Waals surface area contributed by atoms with Crippen molar-refractivity contribution < 1.29 is 5.11 Å². The summed E-state index contributed by atoms with van der Waals surface area (Å²) in [4.78, 5) is 0. The van der Waals surface area contributed by atoms with Crippen LogP contribution in [0.25, 0.3) is 0 Å². The SMILES string of the molecule is CC(C)C1CCC2(C)C3CCC4C5(C)CCCC(C)(C)C5CCC4(C)C3(C)CCC12O. The minimum atomic E-state index is -0.428. The van der Waals surface area contributed by atoms with Crippen LogP contribution in [0.4, 0.5) is 0 Å². The van der Waals surface area contributed by atoms with E-state index in [0.29, 0.717) is 39.4 Å². The molecule has 1 heteroatoms. The van der Waals surface area contributed by atoms with Gasteiger partial charge in [-0.25, -0.2) is 0 Å². The van der Waals surface area contributed by atoms with Crippen LogP contribution in [0.15, 0.2) is 0 Å². The summed E-state index contributed by atoms with van der Waals surface area (Å²) in [7, 11) is 0. The number of rotatable bonds is 1. The minimum Gasteiger partial charge on any atom is -0.389 e. The van der Waals surface area contributed by atoms with Gasteiger partial charge in [0.05, 0.1) is 5.60 Å². The molecule has 5 fully saturated rings. The lowest BCUT2D eigenvalue weighted by molar-refractivity contribution is -0.270. The standard InChI is InChI=1S/C30H52O/c1-20(2)21-12-16-29(8)24-11-10-23-26(5)15-9-14-25(3,4)22(26)13-17-27(23,6)28(24,7)18-19-30(21,29)31/h20-24,31H,9-19H2,1-8H3. The quantitative estimate of drug-likeness (QED) is 0.445. The zero-order valence-corrected chi connectivity index (χ0v) is 22.1. The molecule has 1 nitrogen and oxygen atoms in total. The average molecular weight is 429 g/mol. The van der Waals surface area contributed by atoms with Crippen molar-refractivity contribution in [3.8, 4) is 0 Å². The highest BCUT2D eigenvalue weighted by Crippen LogP contribution is 2.78. The Labute approximate surface area is 193 Å². The topological polar surface area (TPSA) is 20.2 Å². The van der Waals surface area contributed by atoms with Crippen molar-refractivity contribution in [3.63, 3.8) is 0 Å². The minimum absolute atomic E-state index is 0.118. The third-order valence-corrected chi connectivity index (χ3v) is 13.8. The van der Waals surface area contributed by atoms with Crippen molar-refractivity contribution in [2.45, 2.75) is 132 Å². The lowest BCUT2D eigenvalue weighted by atomic mass is 9.31. The van der Waals surface area contributed by atoms with E-state index in [4.69, 9.17) is 0 Å². The number of hydrogen-bond donors (Lipinski definition) is 1. The van der Waals surface area contributed by atoms with E-state index >= 15 is 0 Å².